The largest absolute Gasteiger partial charge is 0.494 e. The smallest absolute Gasteiger partial charge is 0.119 e. The van der Waals surface area contributed by atoms with Gasteiger partial charge in [-0.05, 0) is 56.2 Å². The van der Waals surface area contributed by atoms with E-state index in [1.165, 1.54) is 57.3 Å². The van der Waals surface area contributed by atoms with E-state index in [1.54, 1.807) is 4.90 Å². The fourth-order valence-electron chi connectivity index (χ4n) is 2.79. The monoisotopic (exact) mass is 262 g/mol. The zero-order chi connectivity index (χ0) is 13.3. The molecule has 0 bridgehead atoms. The van der Waals surface area contributed by atoms with E-state index >= 15 is 0 Å². The first kappa shape index (κ1) is 14.4. The standard InChI is InChI=1S/C17H27NO/c1-2-16-8-10-17(11-9-16)19-15-7-6-14-18-12-4-3-5-13-18/h8-11H,2-7,12-15H2,1H3/p+1. The molecule has 1 aromatic rings. The Bertz CT molecular complexity index is 341. The second-order valence-electron chi connectivity index (χ2n) is 5.61. The number of quaternary nitrogens is 1. The zero-order valence-corrected chi connectivity index (χ0v) is 12.3. The minimum atomic E-state index is 0.860. The molecule has 1 heterocycles. The lowest BCUT2D eigenvalue weighted by atomic mass is 10.1. The first-order valence-corrected chi connectivity index (χ1v) is 7.94. The van der Waals surface area contributed by atoms with Gasteiger partial charge in [0, 0.05) is 0 Å². The van der Waals surface area contributed by atoms with E-state index in [0.29, 0.717) is 0 Å². The third-order valence-corrected chi connectivity index (χ3v) is 4.09. The highest BCUT2D eigenvalue weighted by atomic mass is 16.5. The Hall–Kier alpha value is -1.02. The molecule has 19 heavy (non-hydrogen) atoms. The van der Waals surface area contributed by atoms with Crippen LogP contribution in [0.15, 0.2) is 24.3 Å². The van der Waals surface area contributed by atoms with Gasteiger partial charge in [0.15, 0.2) is 0 Å². The molecule has 1 aromatic carbocycles. The van der Waals surface area contributed by atoms with E-state index in [2.05, 4.69) is 31.2 Å². The van der Waals surface area contributed by atoms with Gasteiger partial charge in [0.25, 0.3) is 0 Å². The summed E-state index contributed by atoms with van der Waals surface area (Å²) >= 11 is 0. The van der Waals surface area contributed by atoms with Crippen molar-refractivity contribution in [2.24, 2.45) is 0 Å². The van der Waals surface area contributed by atoms with Crippen molar-refractivity contribution in [1.29, 1.82) is 0 Å². The molecule has 0 unspecified atom stereocenters. The van der Waals surface area contributed by atoms with Gasteiger partial charge < -0.3 is 9.64 Å². The van der Waals surface area contributed by atoms with E-state index in [4.69, 9.17) is 4.74 Å². The van der Waals surface area contributed by atoms with Gasteiger partial charge >= 0.3 is 0 Å². The van der Waals surface area contributed by atoms with Crippen LogP contribution in [0.3, 0.4) is 0 Å². The number of aryl methyl sites for hydroxylation is 1. The van der Waals surface area contributed by atoms with Gasteiger partial charge in [-0.15, -0.1) is 0 Å². The molecule has 1 saturated heterocycles. The Labute approximate surface area is 117 Å². The molecular formula is C17H28NO+. The second-order valence-corrected chi connectivity index (χ2v) is 5.61. The van der Waals surface area contributed by atoms with E-state index in [0.717, 1.165) is 18.8 Å². The predicted octanol–water partition coefficient (Wildman–Crippen LogP) is 2.48. The topological polar surface area (TPSA) is 13.7 Å². The Morgan fingerprint density at radius 3 is 2.42 bits per heavy atom. The summed E-state index contributed by atoms with van der Waals surface area (Å²) in [5, 5.41) is 0. The number of piperidine rings is 1. The van der Waals surface area contributed by atoms with Gasteiger partial charge in [0.2, 0.25) is 0 Å². The summed E-state index contributed by atoms with van der Waals surface area (Å²) < 4.78 is 5.79. The van der Waals surface area contributed by atoms with Gasteiger partial charge in [0.05, 0.1) is 26.2 Å². The molecule has 1 fully saturated rings. The lowest BCUT2D eigenvalue weighted by Gasteiger charge is -2.23. The molecule has 1 aliphatic rings. The molecule has 1 aliphatic heterocycles. The van der Waals surface area contributed by atoms with Crippen molar-refractivity contribution >= 4 is 0 Å². The van der Waals surface area contributed by atoms with Crippen molar-refractivity contribution in [2.75, 3.05) is 26.2 Å². The summed E-state index contributed by atoms with van der Waals surface area (Å²) in [4.78, 5) is 1.80. The molecule has 0 amide bonds. The maximum absolute atomic E-state index is 5.79. The Kier molecular flexibility index (Phi) is 6.22. The van der Waals surface area contributed by atoms with Crippen LogP contribution < -0.4 is 9.64 Å². The molecule has 0 aromatic heterocycles. The molecule has 2 heteroatoms. The molecule has 0 saturated carbocycles. The Morgan fingerprint density at radius 1 is 1.00 bits per heavy atom. The highest BCUT2D eigenvalue weighted by Gasteiger charge is 2.12. The van der Waals surface area contributed by atoms with Crippen molar-refractivity contribution in [3.8, 4) is 5.75 Å². The van der Waals surface area contributed by atoms with Crippen LogP contribution in [0.25, 0.3) is 0 Å². The molecule has 1 N–H and O–H groups in total. The molecule has 0 spiro atoms. The second kappa shape index (κ2) is 8.21. The third kappa shape index (κ3) is 5.23. The summed E-state index contributed by atoms with van der Waals surface area (Å²) in [6.07, 6.45) is 7.87. The van der Waals surface area contributed by atoms with E-state index < -0.39 is 0 Å². The van der Waals surface area contributed by atoms with Crippen LogP contribution >= 0.6 is 0 Å². The lowest BCUT2D eigenvalue weighted by molar-refractivity contribution is -0.905. The summed E-state index contributed by atoms with van der Waals surface area (Å²) in [6.45, 7) is 7.15. The van der Waals surface area contributed by atoms with Crippen molar-refractivity contribution in [2.45, 2.75) is 45.4 Å². The number of rotatable bonds is 7. The Morgan fingerprint density at radius 2 is 1.74 bits per heavy atom. The Balaban J connectivity index is 1.55. The number of hydrogen-bond donors (Lipinski definition) is 1. The average Bonchev–Trinajstić information content (AvgIpc) is 2.49. The van der Waals surface area contributed by atoms with Crippen LogP contribution in [0.5, 0.6) is 5.75 Å². The van der Waals surface area contributed by atoms with Crippen molar-refractivity contribution in [3.05, 3.63) is 29.8 Å². The number of benzene rings is 1. The first-order valence-electron chi connectivity index (χ1n) is 7.94. The molecular weight excluding hydrogens is 234 g/mol. The maximum atomic E-state index is 5.79. The summed E-state index contributed by atoms with van der Waals surface area (Å²) in [6, 6.07) is 8.50. The summed E-state index contributed by atoms with van der Waals surface area (Å²) in [7, 11) is 0. The van der Waals surface area contributed by atoms with E-state index in [9.17, 15) is 0 Å². The third-order valence-electron chi connectivity index (χ3n) is 4.09. The minimum absolute atomic E-state index is 0.860. The maximum Gasteiger partial charge on any atom is 0.119 e. The van der Waals surface area contributed by atoms with Gasteiger partial charge in [-0.2, -0.15) is 0 Å². The zero-order valence-electron chi connectivity index (χ0n) is 12.3. The van der Waals surface area contributed by atoms with Crippen molar-refractivity contribution in [3.63, 3.8) is 0 Å². The summed E-state index contributed by atoms with van der Waals surface area (Å²) in [5.74, 6) is 1.02. The fourth-order valence-corrected chi connectivity index (χ4v) is 2.79. The average molecular weight is 262 g/mol. The molecule has 106 valence electrons. The SMILES string of the molecule is CCc1ccc(OCCCC[NH+]2CCCCC2)cc1. The minimum Gasteiger partial charge on any atom is -0.494 e. The van der Waals surface area contributed by atoms with Crippen LogP contribution in [-0.4, -0.2) is 26.2 Å². The molecule has 0 radical (unpaired) electrons. The normalized spacial score (nSPS) is 16.5. The predicted molar refractivity (Wildman–Crippen MR) is 80.0 cm³/mol. The van der Waals surface area contributed by atoms with Crippen molar-refractivity contribution in [1.82, 2.24) is 0 Å². The van der Waals surface area contributed by atoms with Gasteiger partial charge in [-0.1, -0.05) is 19.1 Å². The van der Waals surface area contributed by atoms with Gasteiger partial charge in [-0.3, -0.25) is 0 Å². The van der Waals surface area contributed by atoms with Gasteiger partial charge in [0.1, 0.15) is 5.75 Å². The molecule has 2 nitrogen and oxygen atoms in total. The van der Waals surface area contributed by atoms with Crippen molar-refractivity contribution < 1.29 is 9.64 Å². The summed E-state index contributed by atoms with van der Waals surface area (Å²) in [5.41, 5.74) is 1.38. The quantitative estimate of drug-likeness (QED) is 0.745. The van der Waals surface area contributed by atoms with E-state index in [1.807, 2.05) is 0 Å². The molecule has 0 atom stereocenters. The lowest BCUT2D eigenvalue weighted by Crippen LogP contribution is -3.12. The first-order chi connectivity index (χ1) is 9.38. The van der Waals surface area contributed by atoms with Crippen LogP contribution in [0, 0.1) is 0 Å². The highest BCUT2D eigenvalue weighted by molar-refractivity contribution is 5.27. The fraction of sp³-hybridized carbons (Fsp3) is 0.647. The molecule has 2 rings (SSSR count). The van der Waals surface area contributed by atoms with Crippen LogP contribution in [-0.2, 0) is 6.42 Å². The number of ether oxygens (including phenoxy) is 1. The van der Waals surface area contributed by atoms with Crippen LogP contribution in [0.4, 0.5) is 0 Å². The van der Waals surface area contributed by atoms with Crippen LogP contribution in [0.2, 0.25) is 0 Å². The number of unbranched alkanes of at least 4 members (excludes halogenated alkanes) is 1. The number of nitrogens with one attached hydrogen (secondary N) is 1. The number of likely N-dealkylation sites (tertiary alicyclic amines) is 1. The number of hydrogen-bond acceptors (Lipinski definition) is 1. The van der Waals surface area contributed by atoms with E-state index in [-0.39, 0.29) is 0 Å². The highest BCUT2D eigenvalue weighted by Crippen LogP contribution is 2.12. The van der Waals surface area contributed by atoms with Gasteiger partial charge in [-0.25, -0.2) is 0 Å². The molecule has 0 aliphatic carbocycles. The van der Waals surface area contributed by atoms with Crippen LogP contribution in [0.1, 0.15) is 44.6 Å².